The molecule has 0 aliphatic rings. The van der Waals surface area contributed by atoms with E-state index in [1.165, 1.54) is 0 Å². The van der Waals surface area contributed by atoms with Crippen LogP contribution < -0.4 is 11.3 Å². The summed E-state index contributed by atoms with van der Waals surface area (Å²) in [5, 5.41) is 8.78. The molecule has 0 spiro atoms. The van der Waals surface area contributed by atoms with Crippen LogP contribution in [0, 0.1) is 0 Å². The molecular formula is C15H15N5. The van der Waals surface area contributed by atoms with Gasteiger partial charge in [-0.25, -0.2) is 5.43 Å². The predicted octanol–water partition coefficient (Wildman–Crippen LogP) is 1.82. The lowest BCUT2D eigenvalue weighted by Gasteiger charge is -2.12. The van der Waals surface area contributed by atoms with Crippen LogP contribution in [0.5, 0.6) is 0 Å². The fourth-order valence-corrected chi connectivity index (χ4v) is 2.09. The first-order chi connectivity index (χ1) is 9.88. The Balaban J connectivity index is 1.93. The van der Waals surface area contributed by atoms with Crippen LogP contribution in [0.25, 0.3) is 5.69 Å². The van der Waals surface area contributed by atoms with Crippen molar-refractivity contribution in [1.82, 2.24) is 20.4 Å². The molecule has 0 radical (unpaired) electrons. The summed E-state index contributed by atoms with van der Waals surface area (Å²) in [6.07, 6.45) is 1.73. The van der Waals surface area contributed by atoms with Gasteiger partial charge in [0.1, 0.15) is 5.69 Å². The van der Waals surface area contributed by atoms with Gasteiger partial charge in [-0.3, -0.25) is 5.84 Å². The number of para-hydroxylation sites is 1. The predicted molar refractivity (Wildman–Crippen MR) is 77.0 cm³/mol. The first-order valence-corrected chi connectivity index (χ1v) is 6.37. The Bertz CT molecular complexity index is 663. The molecule has 100 valence electrons. The topological polar surface area (TPSA) is 68.8 Å². The fraction of sp³-hybridized carbons (Fsp3) is 0.0667. The second-order valence-electron chi connectivity index (χ2n) is 4.40. The Kier molecular flexibility index (Phi) is 3.54. The Morgan fingerprint density at radius 1 is 0.950 bits per heavy atom. The molecule has 3 aromatic rings. The van der Waals surface area contributed by atoms with Gasteiger partial charge in [-0.1, -0.05) is 48.5 Å². The normalized spacial score (nSPS) is 12.2. The number of hydrogen-bond acceptors (Lipinski definition) is 4. The van der Waals surface area contributed by atoms with Crippen LogP contribution in [0.3, 0.4) is 0 Å². The molecule has 3 rings (SSSR count). The van der Waals surface area contributed by atoms with Gasteiger partial charge < -0.3 is 0 Å². The number of benzene rings is 2. The molecule has 1 unspecified atom stereocenters. The van der Waals surface area contributed by atoms with Crippen molar-refractivity contribution in [3.05, 3.63) is 78.1 Å². The van der Waals surface area contributed by atoms with Crippen LogP contribution in [0.2, 0.25) is 0 Å². The first kappa shape index (κ1) is 12.5. The van der Waals surface area contributed by atoms with Crippen molar-refractivity contribution in [2.75, 3.05) is 0 Å². The van der Waals surface area contributed by atoms with E-state index in [9.17, 15) is 0 Å². The zero-order valence-electron chi connectivity index (χ0n) is 10.8. The van der Waals surface area contributed by atoms with E-state index < -0.39 is 0 Å². The quantitative estimate of drug-likeness (QED) is 0.557. The van der Waals surface area contributed by atoms with Crippen molar-refractivity contribution in [1.29, 1.82) is 0 Å². The van der Waals surface area contributed by atoms with Crippen LogP contribution in [-0.2, 0) is 0 Å². The summed E-state index contributed by atoms with van der Waals surface area (Å²) in [5.74, 6) is 5.66. The molecule has 2 aromatic carbocycles. The number of aromatic nitrogens is 3. The lowest BCUT2D eigenvalue weighted by atomic mass is 10.1. The number of hydrogen-bond donors (Lipinski definition) is 2. The molecule has 0 saturated heterocycles. The molecule has 3 N–H and O–H groups in total. The standard InChI is InChI=1S/C15H15N5/c16-18-15(12-7-3-1-4-8-12)14-11-17-20(19-14)13-9-5-2-6-10-13/h1-11,15,18H,16H2. The molecule has 0 saturated carbocycles. The van der Waals surface area contributed by atoms with E-state index in [0.717, 1.165) is 16.9 Å². The highest BCUT2D eigenvalue weighted by Crippen LogP contribution is 2.19. The molecule has 1 heterocycles. The lowest BCUT2D eigenvalue weighted by Crippen LogP contribution is -2.29. The van der Waals surface area contributed by atoms with Gasteiger partial charge in [0.25, 0.3) is 0 Å². The van der Waals surface area contributed by atoms with Crippen LogP contribution in [0.1, 0.15) is 17.3 Å². The summed E-state index contributed by atoms with van der Waals surface area (Å²) in [6.45, 7) is 0. The minimum Gasteiger partial charge on any atom is -0.271 e. The highest BCUT2D eigenvalue weighted by molar-refractivity contribution is 5.30. The second-order valence-corrected chi connectivity index (χ2v) is 4.40. The van der Waals surface area contributed by atoms with Crippen LogP contribution in [0.15, 0.2) is 66.9 Å². The number of rotatable bonds is 4. The molecule has 1 aromatic heterocycles. The molecule has 5 nitrogen and oxygen atoms in total. The van der Waals surface area contributed by atoms with E-state index in [-0.39, 0.29) is 6.04 Å². The SMILES string of the molecule is NNC(c1ccccc1)c1cnn(-c2ccccc2)n1. The average molecular weight is 265 g/mol. The highest BCUT2D eigenvalue weighted by Gasteiger charge is 2.16. The molecule has 0 aliphatic carbocycles. The summed E-state index contributed by atoms with van der Waals surface area (Å²) in [4.78, 5) is 1.60. The van der Waals surface area contributed by atoms with E-state index in [1.807, 2.05) is 60.7 Å². The molecular weight excluding hydrogens is 250 g/mol. The van der Waals surface area contributed by atoms with E-state index in [0.29, 0.717) is 0 Å². The summed E-state index contributed by atoms with van der Waals surface area (Å²) < 4.78 is 0. The molecule has 0 aliphatic heterocycles. The van der Waals surface area contributed by atoms with E-state index in [4.69, 9.17) is 5.84 Å². The lowest BCUT2D eigenvalue weighted by molar-refractivity contribution is 0.609. The molecule has 0 bridgehead atoms. The number of nitrogens with one attached hydrogen (secondary N) is 1. The van der Waals surface area contributed by atoms with Gasteiger partial charge in [0, 0.05) is 0 Å². The fourth-order valence-electron chi connectivity index (χ4n) is 2.09. The molecule has 20 heavy (non-hydrogen) atoms. The molecule has 5 heteroatoms. The maximum atomic E-state index is 5.66. The molecule has 1 atom stereocenters. The van der Waals surface area contributed by atoms with Gasteiger partial charge >= 0.3 is 0 Å². The summed E-state index contributed by atoms with van der Waals surface area (Å²) >= 11 is 0. The van der Waals surface area contributed by atoms with Crippen LogP contribution >= 0.6 is 0 Å². The van der Waals surface area contributed by atoms with Gasteiger partial charge in [0.2, 0.25) is 0 Å². The highest BCUT2D eigenvalue weighted by atomic mass is 15.5. The van der Waals surface area contributed by atoms with E-state index >= 15 is 0 Å². The van der Waals surface area contributed by atoms with Gasteiger partial charge in [-0.15, -0.1) is 0 Å². The van der Waals surface area contributed by atoms with Gasteiger partial charge in [0.15, 0.2) is 0 Å². The van der Waals surface area contributed by atoms with Gasteiger partial charge in [-0.05, 0) is 17.7 Å². The van der Waals surface area contributed by atoms with Gasteiger partial charge in [-0.2, -0.15) is 15.0 Å². The Morgan fingerprint density at radius 2 is 1.60 bits per heavy atom. The average Bonchev–Trinajstić information content (AvgIpc) is 3.00. The summed E-state index contributed by atoms with van der Waals surface area (Å²) in [5.41, 5.74) is 5.53. The summed E-state index contributed by atoms with van der Waals surface area (Å²) in [6, 6.07) is 19.5. The zero-order valence-corrected chi connectivity index (χ0v) is 10.8. The number of hydrazine groups is 1. The molecule has 0 amide bonds. The van der Waals surface area contributed by atoms with E-state index in [1.54, 1.807) is 11.0 Å². The second kappa shape index (κ2) is 5.64. The Hall–Kier alpha value is -2.50. The minimum atomic E-state index is -0.173. The van der Waals surface area contributed by atoms with Crippen LogP contribution in [0.4, 0.5) is 0 Å². The largest absolute Gasteiger partial charge is 0.271 e. The zero-order chi connectivity index (χ0) is 13.8. The van der Waals surface area contributed by atoms with Crippen LogP contribution in [-0.4, -0.2) is 15.0 Å². The van der Waals surface area contributed by atoms with E-state index in [2.05, 4.69) is 15.6 Å². The maximum absolute atomic E-state index is 5.66. The third kappa shape index (κ3) is 2.45. The third-order valence-electron chi connectivity index (χ3n) is 3.09. The van der Waals surface area contributed by atoms with Gasteiger partial charge in [0.05, 0.1) is 17.9 Å². The van der Waals surface area contributed by atoms with Crippen molar-refractivity contribution in [2.24, 2.45) is 5.84 Å². The smallest absolute Gasteiger partial charge is 0.106 e. The third-order valence-corrected chi connectivity index (χ3v) is 3.09. The van der Waals surface area contributed by atoms with Crippen molar-refractivity contribution < 1.29 is 0 Å². The maximum Gasteiger partial charge on any atom is 0.106 e. The van der Waals surface area contributed by atoms with Crippen molar-refractivity contribution in [3.8, 4) is 5.69 Å². The van der Waals surface area contributed by atoms with Crippen molar-refractivity contribution in [3.63, 3.8) is 0 Å². The molecule has 0 fully saturated rings. The van der Waals surface area contributed by atoms with Crippen molar-refractivity contribution >= 4 is 0 Å². The van der Waals surface area contributed by atoms with Crippen molar-refractivity contribution in [2.45, 2.75) is 6.04 Å². The Labute approximate surface area is 117 Å². The summed E-state index contributed by atoms with van der Waals surface area (Å²) in [7, 11) is 0. The Morgan fingerprint density at radius 3 is 2.25 bits per heavy atom. The monoisotopic (exact) mass is 265 g/mol. The first-order valence-electron chi connectivity index (χ1n) is 6.37. The number of nitrogens with two attached hydrogens (primary N) is 1. The minimum absolute atomic E-state index is 0.173. The number of nitrogens with zero attached hydrogens (tertiary/aromatic N) is 3.